The Kier molecular flexibility index (Phi) is 3.99. The fourth-order valence-corrected chi connectivity index (χ4v) is 3.48. The van der Waals surface area contributed by atoms with E-state index in [1.807, 2.05) is 13.8 Å². The van der Waals surface area contributed by atoms with Crippen molar-refractivity contribution < 1.29 is 4.52 Å². The Bertz CT molecular complexity index is 401. The van der Waals surface area contributed by atoms with Crippen LogP contribution in [-0.2, 0) is 6.54 Å². The van der Waals surface area contributed by atoms with Gasteiger partial charge in [-0.25, -0.2) is 0 Å². The summed E-state index contributed by atoms with van der Waals surface area (Å²) >= 11 is 0. The van der Waals surface area contributed by atoms with Crippen LogP contribution in [0.2, 0.25) is 0 Å². The molecular formula is C13H22ClN3O. The van der Waals surface area contributed by atoms with E-state index in [2.05, 4.69) is 10.1 Å². The molecule has 0 spiro atoms. The molecule has 4 nitrogen and oxygen atoms in total. The van der Waals surface area contributed by atoms with Crippen molar-refractivity contribution in [2.75, 3.05) is 13.1 Å². The second kappa shape index (κ2) is 5.19. The second-order valence-electron chi connectivity index (χ2n) is 5.66. The van der Waals surface area contributed by atoms with Crippen LogP contribution in [0.4, 0.5) is 0 Å². The molecule has 2 heterocycles. The summed E-state index contributed by atoms with van der Waals surface area (Å²) in [7, 11) is 0. The van der Waals surface area contributed by atoms with Crippen molar-refractivity contribution in [2.45, 2.75) is 39.3 Å². The molecule has 1 aromatic rings. The van der Waals surface area contributed by atoms with Gasteiger partial charge in [-0.15, -0.1) is 12.4 Å². The molecule has 1 aromatic heterocycles. The maximum Gasteiger partial charge on any atom is 0.138 e. The molecule has 5 heteroatoms. The third kappa shape index (κ3) is 2.29. The first kappa shape index (κ1) is 13.8. The highest BCUT2D eigenvalue weighted by atomic mass is 35.5. The van der Waals surface area contributed by atoms with Gasteiger partial charge in [-0.2, -0.15) is 0 Å². The number of nitrogens with two attached hydrogens (primary N) is 1. The number of halogens is 1. The number of hydrogen-bond acceptors (Lipinski definition) is 4. The van der Waals surface area contributed by atoms with Gasteiger partial charge >= 0.3 is 0 Å². The van der Waals surface area contributed by atoms with Gasteiger partial charge in [0.05, 0.1) is 5.69 Å². The van der Waals surface area contributed by atoms with E-state index < -0.39 is 0 Å². The van der Waals surface area contributed by atoms with Gasteiger partial charge in [-0.05, 0) is 38.5 Å². The number of hydrogen-bond donors (Lipinski definition) is 1. The minimum atomic E-state index is 0. The van der Waals surface area contributed by atoms with Crippen molar-refractivity contribution in [3.63, 3.8) is 0 Å². The molecule has 3 rings (SSSR count). The molecule has 18 heavy (non-hydrogen) atoms. The fourth-order valence-electron chi connectivity index (χ4n) is 3.48. The topological polar surface area (TPSA) is 55.3 Å². The molecule has 2 fully saturated rings. The van der Waals surface area contributed by atoms with Crippen LogP contribution in [0.5, 0.6) is 0 Å². The summed E-state index contributed by atoms with van der Waals surface area (Å²) in [5, 5.41) is 4.02. The van der Waals surface area contributed by atoms with Crippen LogP contribution >= 0.6 is 12.4 Å². The van der Waals surface area contributed by atoms with E-state index in [1.165, 1.54) is 24.9 Å². The van der Waals surface area contributed by atoms with Crippen molar-refractivity contribution in [3.8, 4) is 0 Å². The Labute approximate surface area is 114 Å². The Morgan fingerprint density at radius 3 is 2.72 bits per heavy atom. The lowest BCUT2D eigenvalue weighted by Gasteiger charge is -2.18. The van der Waals surface area contributed by atoms with Crippen molar-refractivity contribution in [2.24, 2.45) is 17.6 Å². The fraction of sp³-hybridized carbons (Fsp3) is 0.769. The molecular weight excluding hydrogens is 250 g/mol. The van der Waals surface area contributed by atoms with Gasteiger partial charge in [0.25, 0.3) is 0 Å². The molecule has 1 aliphatic heterocycles. The Morgan fingerprint density at radius 2 is 2.11 bits per heavy atom. The van der Waals surface area contributed by atoms with Gasteiger partial charge in [0.1, 0.15) is 5.76 Å². The van der Waals surface area contributed by atoms with Crippen LogP contribution in [0.25, 0.3) is 0 Å². The first-order valence-corrected chi connectivity index (χ1v) is 6.55. The summed E-state index contributed by atoms with van der Waals surface area (Å²) in [6, 6.07) is 0.426. The summed E-state index contributed by atoms with van der Waals surface area (Å²) in [6.07, 6.45) is 2.53. The minimum absolute atomic E-state index is 0. The standard InChI is InChI=1S/C13H21N3O.ClH/c1-8-11(9(2)17-15-8)6-16-5-10-3-4-13(14)12(10)7-16;/h10,12-13H,3-7,14H2,1-2H3;1H. The summed E-state index contributed by atoms with van der Waals surface area (Å²) in [6.45, 7) is 7.34. The minimum Gasteiger partial charge on any atom is -0.361 e. The van der Waals surface area contributed by atoms with Crippen LogP contribution in [0.1, 0.15) is 29.9 Å². The normalized spacial score (nSPS) is 31.4. The van der Waals surface area contributed by atoms with Crippen molar-refractivity contribution in [1.82, 2.24) is 10.1 Å². The monoisotopic (exact) mass is 271 g/mol. The zero-order chi connectivity index (χ0) is 12.0. The van der Waals surface area contributed by atoms with Crippen LogP contribution in [0.15, 0.2) is 4.52 Å². The molecule has 3 unspecified atom stereocenters. The van der Waals surface area contributed by atoms with E-state index in [0.717, 1.165) is 36.4 Å². The third-order valence-corrected chi connectivity index (χ3v) is 4.55. The van der Waals surface area contributed by atoms with Crippen molar-refractivity contribution in [3.05, 3.63) is 17.0 Å². The van der Waals surface area contributed by atoms with Gasteiger partial charge in [-0.3, -0.25) is 4.90 Å². The Hall–Kier alpha value is -0.580. The molecule has 0 bridgehead atoms. The zero-order valence-corrected chi connectivity index (χ0v) is 11.9. The highest BCUT2D eigenvalue weighted by Gasteiger charge is 2.40. The van der Waals surface area contributed by atoms with E-state index in [4.69, 9.17) is 10.3 Å². The van der Waals surface area contributed by atoms with E-state index in [9.17, 15) is 0 Å². The summed E-state index contributed by atoms with van der Waals surface area (Å²) in [4.78, 5) is 2.51. The van der Waals surface area contributed by atoms with Crippen molar-refractivity contribution >= 4 is 12.4 Å². The number of nitrogens with zero attached hydrogens (tertiary/aromatic N) is 2. The van der Waals surface area contributed by atoms with Crippen LogP contribution in [0.3, 0.4) is 0 Å². The molecule has 102 valence electrons. The summed E-state index contributed by atoms with van der Waals surface area (Å²) in [5.74, 6) is 2.50. The number of likely N-dealkylation sites (tertiary alicyclic amines) is 1. The lowest BCUT2D eigenvalue weighted by Crippen LogP contribution is -2.30. The predicted molar refractivity (Wildman–Crippen MR) is 72.7 cm³/mol. The lowest BCUT2D eigenvalue weighted by atomic mass is 9.98. The molecule has 2 N–H and O–H groups in total. The van der Waals surface area contributed by atoms with Gasteiger partial charge in [-0.1, -0.05) is 5.16 Å². The second-order valence-corrected chi connectivity index (χ2v) is 5.66. The molecule has 1 saturated carbocycles. The van der Waals surface area contributed by atoms with Crippen LogP contribution < -0.4 is 5.73 Å². The average molecular weight is 272 g/mol. The maximum absolute atomic E-state index is 6.16. The highest BCUT2D eigenvalue weighted by molar-refractivity contribution is 5.85. The Morgan fingerprint density at radius 1 is 1.33 bits per heavy atom. The first-order valence-electron chi connectivity index (χ1n) is 6.55. The largest absolute Gasteiger partial charge is 0.361 e. The van der Waals surface area contributed by atoms with E-state index >= 15 is 0 Å². The van der Waals surface area contributed by atoms with Crippen LogP contribution in [-0.4, -0.2) is 29.2 Å². The van der Waals surface area contributed by atoms with Crippen molar-refractivity contribution in [1.29, 1.82) is 0 Å². The molecule has 1 aliphatic carbocycles. The Balaban J connectivity index is 0.00000120. The summed E-state index contributed by atoms with van der Waals surface area (Å²) < 4.78 is 5.22. The van der Waals surface area contributed by atoms with Gasteiger partial charge < -0.3 is 10.3 Å². The van der Waals surface area contributed by atoms with E-state index in [-0.39, 0.29) is 12.4 Å². The number of rotatable bonds is 2. The number of aromatic nitrogens is 1. The number of aryl methyl sites for hydroxylation is 2. The van der Waals surface area contributed by atoms with Gasteiger partial charge in [0.15, 0.2) is 0 Å². The average Bonchev–Trinajstić information content (AvgIpc) is 2.93. The number of fused-ring (bicyclic) bond motifs is 1. The zero-order valence-electron chi connectivity index (χ0n) is 11.1. The molecule has 2 aliphatic rings. The maximum atomic E-state index is 6.16. The van der Waals surface area contributed by atoms with E-state index in [0.29, 0.717) is 6.04 Å². The molecule has 0 amide bonds. The predicted octanol–water partition coefficient (Wildman–Crippen LogP) is 1.88. The summed E-state index contributed by atoms with van der Waals surface area (Å²) in [5.41, 5.74) is 8.45. The first-order chi connectivity index (χ1) is 8.15. The highest BCUT2D eigenvalue weighted by Crippen LogP contribution is 2.37. The molecule has 0 radical (unpaired) electrons. The lowest BCUT2D eigenvalue weighted by molar-refractivity contribution is 0.295. The molecule has 0 aromatic carbocycles. The molecule has 1 saturated heterocycles. The van der Waals surface area contributed by atoms with Gasteiger partial charge in [0, 0.05) is 31.2 Å². The smallest absolute Gasteiger partial charge is 0.138 e. The van der Waals surface area contributed by atoms with Gasteiger partial charge in [0.2, 0.25) is 0 Å². The quantitative estimate of drug-likeness (QED) is 0.892. The SMILES string of the molecule is Cc1noc(C)c1CN1CC2CCC(N)C2C1.Cl. The van der Waals surface area contributed by atoms with Crippen LogP contribution in [0, 0.1) is 25.7 Å². The third-order valence-electron chi connectivity index (χ3n) is 4.55. The van der Waals surface area contributed by atoms with E-state index in [1.54, 1.807) is 0 Å². The molecule has 3 atom stereocenters.